The molecule has 2 fully saturated rings. The maximum atomic E-state index is 8.70. The molecule has 1 spiro atoms. The lowest BCUT2D eigenvalue weighted by Gasteiger charge is -2.31. The molecular weight excluding hydrogens is 154 g/mol. The van der Waals surface area contributed by atoms with Crippen LogP contribution in [0.25, 0.3) is 0 Å². The van der Waals surface area contributed by atoms with Gasteiger partial charge in [0.15, 0.2) is 0 Å². The van der Waals surface area contributed by atoms with E-state index in [-0.39, 0.29) is 11.5 Å². The van der Waals surface area contributed by atoms with Crippen molar-refractivity contribution in [3.05, 3.63) is 0 Å². The van der Waals surface area contributed by atoms with Crippen LogP contribution in [0.2, 0.25) is 0 Å². The lowest BCUT2D eigenvalue weighted by Crippen LogP contribution is -2.32. The highest BCUT2D eigenvalue weighted by molar-refractivity contribution is 4.94. The quantitative estimate of drug-likeness (QED) is 0.516. The Morgan fingerprint density at radius 3 is 2.50 bits per heavy atom. The van der Waals surface area contributed by atoms with Crippen molar-refractivity contribution in [2.24, 2.45) is 5.92 Å². The van der Waals surface area contributed by atoms with Crippen molar-refractivity contribution >= 4 is 0 Å². The maximum Gasteiger partial charge on any atom is 0.106 e. The van der Waals surface area contributed by atoms with E-state index in [1.807, 2.05) is 0 Å². The van der Waals surface area contributed by atoms with Crippen LogP contribution in [0, 0.1) is 17.2 Å². The molecule has 2 rings (SSSR count). The van der Waals surface area contributed by atoms with Crippen LogP contribution >= 0.6 is 0 Å². The molecule has 1 saturated heterocycles. The molecule has 0 bridgehead atoms. The molecule has 1 saturated carbocycles. The summed E-state index contributed by atoms with van der Waals surface area (Å²) in [6.07, 6.45) is 4.93. The van der Waals surface area contributed by atoms with Crippen molar-refractivity contribution in [2.75, 3.05) is 6.61 Å². The third-order valence-corrected chi connectivity index (χ3v) is 2.96. The number of hydrogen-bond donors (Lipinski definition) is 0. The Kier molecular flexibility index (Phi) is 2.03. The third-order valence-electron chi connectivity index (χ3n) is 2.96. The van der Waals surface area contributed by atoms with E-state index in [4.69, 9.17) is 15.0 Å². The zero-order valence-electron chi connectivity index (χ0n) is 7.08. The van der Waals surface area contributed by atoms with Gasteiger partial charge < -0.3 is 0 Å². The second kappa shape index (κ2) is 3.04. The first kappa shape index (κ1) is 8.03. The summed E-state index contributed by atoms with van der Waals surface area (Å²) in [6.45, 7) is 0.719. The standard InChI is InChI=1S/C9H13NO2/c10-7-8-1-3-9(4-2-8)5-6-11-12-9/h8H,1-6H2. The molecule has 0 aromatic heterocycles. The summed E-state index contributed by atoms with van der Waals surface area (Å²) >= 11 is 0. The van der Waals surface area contributed by atoms with Gasteiger partial charge in [0.2, 0.25) is 0 Å². The molecule has 3 nitrogen and oxygen atoms in total. The van der Waals surface area contributed by atoms with Gasteiger partial charge in [-0.3, -0.25) is 0 Å². The van der Waals surface area contributed by atoms with E-state index >= 15 is 0 Å². The Bertz CT molecular complexity index is 193. The largest absolute Gasteiger partial charge is 0.236 e. The molecule has 2 aliphatic rings. The predicted molar refractivity (Wildman–Crippen MR) is 42.0 cm³/mol. The number of nitrogens with zero attached hydrogens (tertiary/aromatic N) is 1. The van der Waals surface area contributed by atoms with E-state index in [0.29, 0.717) is 0 Å². The van der Waals surface area contributed by atoms with Gasteiger partial charge in [0.1, 0.15) is 5.60 Å². The van der Waals surface area contributed by atoms with Crippen molar-refractivity contribution in [3.63, 3.8) is 0 Å². The molecule has 12 heavy (non-hydrogen) atoms. The summed E-state index contributed by atoms with van der Waals surface area (Å²) in [5.74, 6) is 0.250. The Morgan fingerprint density at radius 2 is 2.00 bits per heavy atom. The van der Waals surface area contributed by atoms with Crippen LogP contribution in [-0.4, -0.2) is 12.2 Å². The van der Waals surface area contributed by atoms with Gasteiger partial charge in [0.05, 0.1) is 12.7 Å². The van der Waals surface area contributed by atoms with Gasteiger partial charge in [-0.1, -0.05) is 0 Å². The van der Waals surface area contributed by atoms with Gasteiger partial charge in [-0.15, -0.1) is 0 Å². The van der Waals surface area contributed by atoms with Crippen LogP contribution in [-0.2, 0) is 9.78 Å². The van der Waals surface area contributed by atoms with Gasteiger partial charge in [-0.25, -0.2) is 9.78 Å². The van der Waals surface area contributed by atoms with E-state index in [1.165, 1.54) is 0 Å². The molecule has 0 N–H and O–H groups in total. The van der Waals surface area contributed by atoms with Crippen LogP contribution in [0.5, 0.6) is 0 Å². The minimum Gasteiger partial charge on any atom is -0.236 e. The smallest absolute Gasteiger partial charge is 0.106 e. The van der Waals surface area contributed by atoms with Gasteiger partial charge >= 0.3 is 0 Å². The predicted octanol–water partition coefficient (Wildman–Crippen LogP) is 1.79. The Hall–Kier alpha value is -0.590. The Balaban J connectivity index is 1.93. The second-order valence-electron chi connectivity index (χ2n) is 3.74. The molecule has 0 amide bonds. The van der Waals surface area contributed by atoms with E-state index in [1.54, 1.807) is 0 Å². The fourth-order valence-corrected chi connectivity index (χ4v) is 2.04. The summed E-state index contributed by atoms with van der Waals surface area (Å²) in [5, 5.41) is 8.70. The summed E-state index contributed by atoms with van der Waals surface area (Å²) in [5.41, 5.74) is -0.0205. The van der Waals surface area contributed by atoms with Crippen LogP contribution in [0.4, 0.5) is 0 Å². The van der Waals surface area contributed by atoms with Gasteiger partial charge in [0.25, 0.3) is 0 Å². The normalized spacial score (nSPS) is 41.4. The number of nitriles is 1. The molecule has 1 aliphatic heterocycles. The van der Waals surface area contributed by atoms with Crippen molar-refractivity contribution < 1.29 is 9.78 Å². The van der Waals surface area contributed by atoms with Crippen molar-refractivity contribution in [1.82, 2.24) is 0 Å². The van der Waals surface area contributed by atoms with Gasteiger partial charge in [-0.2, -0.15) is 5.26 Å². The van der Waals surface area contributed by atoms with E-state index in [9.17, 15) is 0 Å². The third kappa shape index (κ3) is 1.33. The van der Waals surface area contributed by atoms with Crippen molar-refractivity contribution in [1.29, 1.82) is 5.26 Å². The average Bonchev–Trinajstić information content (AvgIpc) is 2.55. The summed E-state index contributed by atoms with van der Waals surface area (Å²) in [6, 6.07) is 2.31. The van der Waals surface area contributed by atoms with Crippen molar-refractivity contribution in [3.8, 4) is 6.07 Å². The van der Waals surface area contributed by atoms with Crippen molar-refractivity contribution in [2.45, 2.75) is 37.7 Å². The number of hydrogen-bond acceptors (Lipinski definition) is 3. The number of rotatable bonds is 0. The minimum absolute atomic E-state index is 0.0205. The topological polar surface area (TPSA) is 42.2 Å². The molecular formula is C9H13NO2. The highest BCUT2D eigenvalue weighted by atomic mass is 17.2. The fourth-order valence-electron chi connectivity index (χ4n) is 2.04. The Labute approximate surface area is 72.2 Å². The Morgan fingerprint density at radius 1 is 1.25 bits per heavy atom. The summed E-state index contributed by atoms with van der Waals surface area (Å²) in [7, 11) is 0. The van der Waals surface area contributed by atoms with Gasteiger partial charge in [0, 0.05) is 12.3 Å². The highest BCUT2D eigenvalue weighted by Crippen LogP contribution is 2.39. The molecule has 1 aliphatic carbocycles. The fraction of sp³-hybridized carbons (Fsp3) is 0.889. The first-order valence-electron chi connectivity index (χ1n) is 4.55. The van der Waals surface area contributed by atoms with Gasteiger partial charge in [-0.05, 0) is 25.7 Å². The molecule has 0 unspecified atom stereocenters. The maximum absolute atomic E-state index is 8.70. The summed E-state index contributed by atoms with van der Waals surface area (Å²) in [4.78, 5) is 10.2. The molecule has 0 aromatic rings. The molecule has 0 radical (unpaired) electrons. The zero-order chi connectivity index (χ0) is 8.44. The highest BCUT2D eigenvalue weighted by Gasteiger charge is 2.40. The molecule has 0 atom stereocenters. The van der Waals surface area contributed by atoms with E-state index in [2.05, 4.69) is 6.07 Å². The van der Waals surface area contributed by atoms with Crippen LogP contribution in [0.3, 0.4) is 0 Å². The van der Waals surface area contributed by atoms with Crippen LogP contribution in [0.15, 0.2) is 0 Å². The van der Waals surface area contributed by atoms with E-state index in [0.717, 1.165) is 38.7 Å². The second-order valence-corrected chi connectivity index (χ2v) is 3.74. The van der Waals surface area contributed by atoms with Crippen LogP contribution < -0.4 is 0 Å². The van der Waals surface area contributed by atoms with E-state index < -0.39 is 0 Å². The lowest BCUT2D eigenvalue weighted by atomic mass is 9.78. The summed E-state index contributed by atoms with van der Waals surface area (Å²) < 4.78 is 0. The molecule has 0 aromatic carbocycles. The molecule has 1 heterocycles. The lowest BCUT2D eigenvalue weighted by molar-refractivity contribution is -0.315. The first-order chi connectivity index (χ1) is 5.85. The SMILES string of the molecule is N#CC1CCC2(CCOO2)CC1. The minimum atomic E-state index is -0.0205. The average molecular weight is 167 g/mol. The first-order valence-corrected chi connectivity index (χ1v) is 4.55. The monoisotopic (exact) mass is 167 g/mol. The van der Waals surface area contributed by atoms with Crippen LogP contribution in [0.1, 0.15) is 32.1 Å². The molecule has 66 valence electrons. The zero-order valence-corrected chi connectivity index (χ0v) is 7.08. The molecule has 3 heteroatoms.